The van der Waals surface area contributed by atoms with Gasteiger partial charge in [-0.1, -0.05) is 35.9 Å². The number of hydrogen-bond donors (Lipinski definition) is 2. The molecule has 3 aromatic rings. The van der Waals surface area contributed by atoms with Crippen molar-refractivity contribution in [2.45, 2.75) is 44.6 Å². The number of nitrogens with one attached hydrogen (secondary N) is 1. The van der Waals surface area contributed by atoms with Crippen LogP contribution >= 0.6 is 22.9 Å². The molecule has 1 aliphatic heterocycles. The highest BCUT2D eigenvalue weighted by atomic mass is 35.5. The molecule has 0 radical (unpaired) electrons. The van der Waals surface area contributed by atoms with Crippen LogP contribution in [0.25, 0.3) is 0 Å². The summed E-state index contributed by atoms with van der Waals surface area (Å²) in [5, 5.41) is 17.1. The summed E-state index contributed by atoms with van der Waals surface area (Å²) >= 11 is 7.39. The molecule has 2 unspecified atom stereocenters. The molecule has 184 valence electrons. The van der Waals surface area contributed by atoms with E-state index in [0.717, 1.165) is 5.56 Å². The molecule has 0 bridgehead atoms. The number of thiophene rings is 1. The quantitative estimate of drug-likeness (QED) is 0.495. The Morgan fingerprint density at radius 3 is 2.40 bits per heavy atom. The summed E-state index contributed by atoms with van der Waals surface area (Å²) in [6, 6.07) is 14.4. The summed E-state index contributed by atoms with van der Waals surface area (Å²) < 4.78 is 10.6. The van der Waals surface area contributed by atoms with Crippen molar-refractivity contribution in [3.8, 4) is 5.75 Å². The molecule has 0 fully saturated rings. The summed E-state index contributed by atoms with van der Waals surface area (Å²) in [6.45, 7) is 5.44. The molecule has 0 saturated heterocycles. The lowest BCUT2D eigenvalue weighted by atomic mass is 9.80. The van der Waals surface area contributed by atoms with Gasteiger partial charge in [-0.2, -0.15) is 0 Å². The van der Waals surface area contributed by atoms with Crippen molar-refractivity contribution < 1.29 is 24.2 Å². The maximum Gasteiger partial charge on any atom is 0.408 e. The number of benzene rings is 2. The van der Waals surface area contributed by atoms with Crippen molar-refractivity contribution in [3.05, 3.63) is 81.0 Å². The Kier molecular flexibility index (Phi) is 6.81. The van der Waals surface area contributed by atoms with Gasteiger partial charge in [-0.3, -0.25) is 4.79 Å². The van der Waals surface area contributed by atoms with Crippen LogP contribution in [0, 0.1) is 0 Å². The minimum atomic E-state index is -1.82. The van der Waals surface area contributed by atoms with E-state index in [9.17, 15) is 14.7 Å². The summed E-state index contributed by atoms with van der Waals surface area (Å²) in [5.41, 5.74) is -0.723. The van der Waals surface area contributed by atoms with Crippen LogP contribution in [0.15, 0.2) is 60.0 Å². The highest BCUT2D eigenvalue weighted by Crippen LogP contribution is 2.47. The van der Waals surface area contributed by atoms with Crippen LogP contribution < -0.4 is 15.0 Å². The Morgan fingerprint density at radius 1 is 1.14 bits per heavy atom. The lowest BCUT2D eigenvalue weighted by molar-refractivity contribution is -0.127. The van der Waals surface area contributed by atoms with Crippen LogP contribution in [-0.4, -0.2) is 35.9 Å². The lowest BCUT2D eigenvalue weighted by Crippen LogP contribution is -2.63. The predicted octanol–water partition coefficient (Wildman–Crippen LogP) is 5.09. The van der Waals surface area contributed by atoms with Crippen LogP contribution in [0.3, 0.4) is 0 Å². The Labute approximate surface area is 213 Å². The number of carbonyl (C=O) groups excluding carboxylic acids is 2. The Bertz CT molecular complexity index is 1220. The van der Waals surface area contributed by atoms with Crippen molar-refractivity contribution in [2.75, 3.05) is 12.0 Å². The Balaban J connectivity index is 1.79. The molecule has 2 atom stereocenters. The smallest absolute Gasteiger partial charge is 0.408 e. The van der Waals surface area contributed by atoms with Gasteiger partial charge in [0.15, 0.2) is 5.60 Å². The number of anilines is 1. The van der Waals surface area contributed by atoms with Crippen molar-refractivity contribution in [1.82, 2.24) is 5.32 Å². The average molecular weight is 515 g/mol. The molecule has 0 saturated carbocycles. The molecule has 2 heterocycles. The third-order valence-electron chi connectivity index (χ3n) is 5.66. The molecule has 0 spiro atoms. The minimum Gasteiger partial charge on any atom is -0.497 e. The molecule has 35 heavy (non-hydrogen) atoms. The first-order valence-electron chi connectivity index (χ1n) is 11.0. The first-order valence-corrected chi connectivity index (χ1v) is 12.3. The van der Waals surface area contributed by atoms with Crippen LogP contribution in [-0.2, 0) is 21.7 Å². The summed E-state index contributed by atoms with van der Waals surface area (Å²) in [6.07, 6.45) is -0.798. The summed E-state index contributed by atoms with van der Waals surface area (Å²) in [5.74, 6) is 0.242. The van der Waals surface area contributed by atoms with E-state index in [1.807, 2.05) is 29.6 Å². The third-order valence-corrected chi connectivity index (χ3v) is 6.94. The van der Waals surface area contributed by atoms with Crippen LogP contribution in [0.1, 0.15) is 36.8 Å². The molecule has 1 aromatic heterocycles. The number of halogens is 1. The zero-order chi connectivity index (χ0) is 25.4. The number of amides is 2. The minimum absolute atomic E-state index is 0.246. The number of methoxy groups -OCH3 is 1. The number of hydrogen-bond acceptors (Lipinski definition) is 6. The van der Waals surface area contributed by atoms with Gasteiger partial charge in [-0.15, -0.1) is 11.3 Å². The zero-order valence-electron chi connectivity index (χ0n) is 19.9. The van der Waals surface area contributed by atoms with Gasteiger partial charge in [0.25, 0.3) is 5.91 Å². The molecule has 2 aromatic carbocycles. The lowest BCUT2D eigenvalue weighted by Gasteiger charge is -2.43. The number of carbonyl (C=O) groups is 2. The molecule has 7 nitrogen and oxygen atoms in total. The SMILES string of the molecule is COc1ccc(CN2C(=O)C(NC(=O)OC(C)(C)C)C(O)(c3ccc(Cl)cc3)c3sccc32)cc1. The fourth-order valence-corrected chi connectivity index (χ4v) is 5.23. The highest BCUT2D eigenvalue weighted by Gasteiger charge is 2.54. The van der Waals surface area contributed by atoms with E-state index in [4.69, 9.17) is 21.1 Å². The molecule has 4 rings (SSSR count). The van der Waals surface area contributed by atoms with Gasteiger partial charge in [0.05, 0.1) is 24.2 Å². The van der Waals surface area contributed by atoms with E-state index in [2.05, 4.69) is 5.32 Å². The van der Waals surface area contributed by atoms with E-state index in [1.54, 1.807) is 63.1 Å². The Morgan fingerprint density at radius 2 is 1.80 bits per heavy atom. The van der Waals surface area contributed by atoms with E-state index in [1.165, 1.54) is 11.3 Å². The van der Waals surface area contributed by atoms with E-state index >= 15 is 0 Å². The van der Waals surface area contributed by atoms with Crippen molar-refractivity contribution in [2.24, 2.45) is 0 Å². The second kappa shape index (κ2) is 9.53. The molecule has 9 heteroatoms. The van der Waals surface area contributed by atoms with Gasteiger partial charge in [0.2, 0.25) is 0 Å². The summed E-state index contributed by atoms with van der Waals surface area (Å²) in [4.78, 5) is 28.8. The monoisotopic (exact) mass is 514 g/mol. The molecule has 0 aliphatic carbocycles. The molecule has 2 N–H and O–H groups in total. The highest BCUT2D eigenvalue weighted by molar-refractivity contribution is 7.10. The number of nitrogens with zero attached hydrogens (tertiary/aromatic N) is 1. The van der Waals surface area contributed by atoms with Gasteiger partial charge >= 0.3 is 6.09 Å². The van der Waals surface area contributed by atoms with Gasteiger partial charge < -0.3 is 24.8 Å². The fourth-order valence-electron chi connectivity index (χ4n) is 4.05. The van der Waals surface area contributed by atoms with Crippen molar-refractivity contribution in [3.63, 3.8) is 0 Å². The number of aliphatic hydroxyl groups is 1. The van der Waals surface area contributed by atoms with E-state index in [0.29, 0.717) is 26.9 Å². The number of fused-ring (bicyclic) bond motifs is 1. The predicted molar refractivity (Wildman–Crippen MR) is 136 cm³/mol. The van der Waals surface area contributed by atoms with Crippen LogP contribution in [0.2, 0.25) is 5.02 Å². The standard InChI is InChI=1S/C26H27ClN2O5S/c1-25(2,3)34-24(31)28-21-23(30)29(15-16-5-11-19(33-4)12-6-16)20-13-14-35-22(20)26(21,32)17-7-9-18(27)10-8-17/h5-14,21,32H,15H2,1-4H3,(H,28,31). The van der Waals surface area contributed by atoms with E-state index < -0.39 is 29.2 Å². The third kappa shape index (κ3) is 5.00. The topological polar surface area (TPSA) is 88.1 Å². The summed E-state index contributed by atoms with van der Waals surface area (Å²) in [7, 11) is 1.59. The molecular weight excluding hydrogens is 488 g/mol. The van der Waals surface area contributed by atoms with Gasteiger partial charge in [0, 0.05) is 5.02 Å². The second-order valence-corrected chi connectivity index (χ2v) is 10.6. The normalized spacial score (nSPS) is 19.8. The van der Waals surface area contributed by atoms with Crippen LogP contribution in [0.5, 0.6) is 5.75 Å². The maximum absolute atomic E-state index is 13.9. The van der Waals surface area contributed by atoms with Gasteiger partial charge in [-0.05, 0) is 67.6 Å². The number of ether oxygens (including phenoxy) is 2. The Hall–Kier alpha value is -3.07. The molecule has 2 amide bonds. The largest absolute Gasteiger partial charge is 0.497 e. The van der Waals surface area contributed by atoms with Crippen molar-refractivity contribution >= 4 is 40.6 Å². The first kappa shape index (κ1) is 25.0. The first-order chi connectivity index (χ1) is 16.5. The van der Waals surface area contributed by atoms with E-state index in [-0.39, 0.29) is 6.54 Å². The molecule has 1 aliphatic rings. The van der Waals surface area contributed by atoms with Crippen molar-refractivity contribution in [1.29, 1.82) is 0 Å². The van der Waals surface area contributed by atoms with Gasteiger partial charge in [-0.25, -0.2) is 4.79 Å². The van der Waals surface area contributed by atoms with Gasteiger partial charge in [0.1, 0.15) is 17.4 Å². The average Bonchev–Trinajstić information content (AvgIpc) is 3.30. The maximum atomic E-state index is 13.9. The number of rotatable bonds is 5. The zero-order valence-corrected chi connectivity index (χ0v) is 21.4. The molecular formula is C26H27ClN2O5S. The van der Waals surface area contributed by atoms with Crippen LogP contribution in [0.4, 0.5) is 10.5 Å². The second-order valence-electron chi connectivity index (χ2n) is 9.26. The number of alkyl carbamates (subject to hydrolysis) is 1. The fraction of sp³-hybridized carbons (Fsp3) is 0.308.